The van der Waals surface area contributed by atoms with Gasteiger partial charge in [-0.05, 0) is 41.4 Å². The number of benzene rings is 2. The van der Waals surface area contributed by atoms with E-state index in [2.05, 4.69) is 22.8 Å². The zero-order valence-corrected chi connectivity index (χ0v) is 30.2. The van der Waals surface area contributed by atoms with Gasteiger partial charge in [-0.25, -0.2) is 0 Å². The van der Waals surface area contributed by atoms with Gasteiger partial charge in [0.15, 0.2) is 0 Å². The summed E-state index contributed by atoms with van der Waals surface area (Å²) in [5.74, 6) is -0.827. The summed E-state index contributed by atoms with van der Waals surface area (Å²) in [4.78, 5) is 41.9. The summed E-state index contributed by atoms with van der Waals surface area (Å²) in [6.45, 7) is 11.6. The highest BCUT2D eigenvalue weighted by Gasteiger charge is 2.45. The molecule has 50 heavy (non-hydrogen) atoms. The molecule has 1 aliphatic carbocycles. The maximum atomic E-state index is 14.0. The van der Waals surface area contributed by atoms with E-state index in [1.165, 1.54) is 12.0 Å². The molecule has 11 heteroatoms. The van der Waals surface area contributed by atoms with Gasteiger partial charge in [0.25, 0.3) is 0 Å². The molecule has 1 fully saturated rings. The Bertz CT molecular complexity index is 1330. The predicted octanol–water partition coefficient (Wildman–Crippen LogP) is 4.19. The van der Waals surface area contributed by atoms with E-state index in [4.69, 9.17) is 23.7 Å². The number of hydrogen-bond donors (Lipinski definition) is 2. The second-order valence-electron chi connectivity index (χ2n) is 13.9. The van der Waals surface area contributed by atoms with Gasteiger partial charge in [0.2, 0.25) is 17.7 Å². The van der Waals surface area contributed by atoms with Crippen LogP contribution in [0.4, 0.5) is 0 Å². The number of aryl methyl sites for hydroxylation is 1. The average molecular weight is 695 g/mol. The smallest absolute Gasteiger partial charge is 0.246 e. The van der Waals surface area contributed by atoms with Gasteiger partial charge in [-0.2, -0.15) is 0 Å². The minimum atomic E-state index is -0.808. The highest BCUT2D eigenvalue weighted by Crippen LogP contribution is 2.31. The van der Waals surface area contributed by atoms with Crippen LogP contribution in [0, 0.1) is 11.8 Å². The molecule has 0 unspecified atom stereocenters. The predicted molar refractivity (Wildman–Crippen MR) is 190 cm³/mol. The fourth-order valence-corrected chi connectivity index (χ4v) is 6.32. The fourth-order valence-electron chi connectivity index (χ4n) is 6.32. The van der Waals surface area contributed by atoms with E-state index in [9.17, 15) is 14.4 Å². The van der Waals surface area contributed by atoms with Crippen molar-refractivity contribution in [2.45, 2.75) is 84.2 Å². The lowest BCUT2D eigenvalue weighted by atomic mass is 9.85. The van der Waals surface area contributed by atoms with Gasteiger partial charge in [0, 0.05) is 19.4 Å². The van der Waals surface area contributed by atoms with Gasteiger partial charge >= 0.3 is 0 Å². The number of fused-ring (bicyclic) bond motifs is 1. The average Bonchev–Trinajstić information content (AvgIpc) is 3.55. The minimum Gasteiger partial charge on any atom is -0.377 e. The normalized spacial score (nSPS) is 19.5. The number of ether oxygens (including phenoxy) is 5. The van der Waals surface area contributed by atoms with E-state index in [1.54, 1.807) is 11.8 Å². The van der Waals surface area contributed by atoms with Crippen molar-refractivity contribution in [3.8, 4) is 0 Å². The number of carbonyl (C=O) groups is 3. The van der Waals surface area contributed by atoms with Crippen LogP contribution in [0.15, 0.2) is 54.6 Å². The highest BCUT2D eigenvalue weighted by atomic mass is 16.6. The Hall–Kier alpha value is -3.35. The van der Waals surface area contributed by atoms with Crippen molar-refractivity contribution in [1.82, 2.24) is 15.5 Å². The van der Waals surface area contributed by atoms with Crippen molar-refractivity contribution in [1.29, 1.82) is 0 Å². The van der Waals surface area contributed by atoms with Crippen LogP contribution in [0.5, 0.6) is 0 Å². The molecule has 4 atom stereocenters. The molecular formula is C39H56N3O8. The largest absolute Gasteiger partial charge is 0.377 e. The number of carbonyl (C=O) groups excluding carboxylic acids is 3. The summed E-state index contributed by atoms with van der Waals surface area (Å²) in [6.07, 6.45) is 4.22. The quantitative estimate of drug-likeness (QED) is 0.198. The van der Waals surface area contributed by atoms with Crippen molar-refractivity contribution in [2.75, 3.05) is 59.4 Å². The maximum Gasteiger partial charge on any atom is 0.246 e. The summed E-state index contributed by atoms with van der Waals surface area (Å²) in [5, 5.41) is 6.09. The molecule has 2 N–H and O–H groups in total. The van der Waals surface area contributed by atoms with Gasteiger partial charge in [-0.3, -0.25) is 14.4 Å². The van der Waals surface area contributed by atoms with Crippen LogP contribution in [0.3, 0.4) is 0 Å². The highest BCUT2D eigenvalue weighted by molar-refractivity contribution is 5.94. The van der Waals surface area contributed by atoms with Gasteiger partial charge in [0.1, 0.15) is 12.1 Å². The second kappa shape index (κ2) is 20.5. The number of likely N-dealkylation sites (tertiary alicyclic amines) is 1. The molecule has 2 aromatic rings. The SMILES string of the molecule is C[CH]C(=O)N[C@H](C(=O)N1C[C@@H](OCCOCCOCCOCCOCc2ccccc2)C[C@H]1C(=O)N[C@@H]1CCCc2ccccc21)C(C)(C)C. The molecule has 3 amide bonds. The molecule has 0 saturated carbocycles. The van der Waals surface area contributed by atoms with Crippen LogP contribution >= 0.6 is 0 Å². The Balaban J connectivity index is 1.19. The molecule has 1 heterocycles. The summed E-state index contributed by atoms with van der Waals surface area (Å²) in [5.41, 5.74) is 2.94. The molecule has 2 aromatic carbocycles. The maximum absolute atomic E-state index is 14.0. The molecule has 11 nitrogen and oxygen atoms in total. The molecule has 1 radical (unpaired) electrons. The zero-order chi connectivity index (χ0) is 35.8. The third kappa shape index (κ3) is 12.5. The van der Waals surface area contributed by atoms with E-state index in [0.717, 1.165) is 30.4 Å². The Labute approximate surface area is 297 Å². The zero-order valence-electron chi connectivity index (χ0n) is 30.2. The van der Waals surface area contributed by atoms with Crippen LogP contribution in [-0.4, -0.2) is 100 Å². The van der Waals surface area contributed by atoms with Crippen LogP contribution in [0.2, 0.25) is 0 Å². The Kier molecular flexibility index (Phi) is 16.2. The fraction of sp³-hybridized carbons (Fsp3) is 0.590. The molecule has 0 aromatic heterocycles. The summed E-state index contributed by atoms with van der Waals surface area (Å²) < 4.78 is 28.6. The third-order valence-corrected chi connectivity index (χ3v) is 9.00. The van der Waals surface area contributed by atoms with Gasteiger partial charge in [-0.15, -0.1) is 0 Å². The molecule has 275 valence electrons. The Morgan fingerprint density at radius 3 is 2.14 bits per heavy atom. The summed E-state index contributed by atoms with van der Waals surface area (Å²) in [6, 6.07) is 16.6. The van der Waals surface area contributed by atoms with Crippen LogP contribution < -0.4 is 10.6 Å². The lowest BCUT2D eigenvalue weighted by molar-refractivity contribution is -0.144. The standard InChI is InChI=1S/C39H56N3O8/c1-5-35(43)41-36(39(2,3)4)38(45)42-27-31(26-34(42)37(44)40-33-17-11-15-30-14-9-10-16-32(30)33)50-25-24-48-21-20-46-18-19-47-22-23-49-28-29-12-7-6-8-13-29/h5-10,12-14,16,31,33-34,36H,11,15,17-28H2,1-4H3,(H,40,44)(H,41,43)/t31-,33+,34-,36+/m0/s1. The van der Waals surface area contributed by atoms with E-state index in [-0.39, 0.29) is 36.4 Å². The lowest BCUT2D eigenvalue weighted by Crippen LogP contribution is -2.58. The molecule has 0 spiro atoms. The van der Waals surface area contributed by atoms with Crippen molar-refractivity contribution in [2.24, 2.45) is 5.41 Å². The third-order valence-electron chi connectivity index (χ3n) is 9.00. The second-order valence-corrected chi connectivity index (χ2v) is 13.9. The van der Waals surface area contributed by atoms with Crippen molar-refractivity contribution in [3.05, 3.63) is 77.7 Å². The van der Waals surface area contributed by atoms with Crippen molar-refractivity contribution in [3.63, 3.8) is 0 Å². The van der Waals surface area contributed by atoms with Crippen LogP contribution in [0.1, 0.15) is 69.7 Å². The minimum absolute atomic E-state index is 0.113. The number of rotatable bonds is 20. The topological polar surface area (TPSA) is 125 Å². The first-order valence-electron chi connectivity index (χ1n) is 17.9. The van der Waals surface area contributed by atoms with E-state index >= 15 is 0 Å². The monoisotopic (exact) mass is 694 g/mol. The van der Waals surface area contributed by atoms with Crippen molar-refractivity contribution < 1.29 is 38.1 Å². The molecule has 2 aliphatic rings. The molecule has 4 rings (SSSR count). The van der Waals surface area contributed by atoms with E-state index in [1.807, 2.05) is 63.2 Å². The summed E-state index contributed by atoms with van der Waals surface area (Å²) in [7, 11) is 0. The van der Waals surface area contributed by atoms with E-state index in [0.29, 0.717) is 65.9 Å². The van der Waals surface area contributed by atoms with Crippen LogP contribution in [-0.2, 0) is 51.1 Å². The first-order valence-corrected chi connectivity index (χ1v) is 17.9. The van der Waals surface area contributed by atoms with E-state index < -0.39 is 17.5 Å². The number of nitrogens with zero attached hydrogens (tertiary/aromatic N) is 1. The molecule has 1 aliphatic heterocycles. The molecule has 0 bridgehead atoms. The Morgan fingerprint density at radius 2 is 1.48 bits per heavy atom. The van der Waals surface area contributed by atoms with Crippen molar-refractivity contribution >= 4 is 17.7 Å². The Morgan fingerprint density at radius 1 is 0.860 bits per heavy atom. The molecule has 1 saturated heterocycles. The van der Waals surface area contributed by atoms with Gasteiger partial charge in [0.05, 0.1) is 71.6 Å². The first kappa shape index (κ1) is 39.4. The van der Waals surface area contributed by atoms with Crippen LogP contribution in [0.25, 0.3) is 0 Å². The lowest BCUT2D eigenvalue weighted by Gasteiger charge is -2.36. The number of amides is 3. The summed E-state index contributed by atoms with van der Waals surface area (Å²) >= 11 is 0. The van der Waals surface area contributed by atoms with Gasteiger partial charge in [-0.1, -0.05) is 82.3 Å². The van der Waals surface area contributed by atoms with Gasteiger partial charge < -0.3 is 39.2 Å². The molecular weight excluding hydrogens is 638 g/mol. The number of nitrogens with one attached hydrogen (secondary N) is 2. The first-order chi connectivity index (χ1) is 24.2. The number of hydrogen-bond acceptors (Lipinski definition) is 8.